The first-order valence-electron chi connectivity index (χ1n) is 5.31. The van der Waals surface area contributed by atoms with E-state index in [0.29, 0.717) is 0 Å². The van der Waals surface area contributed by atoms with Gasteiger partial charge in [0.25, 0.3) is 5.91 Å². The topological polar surface area (TPSA) is 41.5 Å². The van der Waals surface area contributed by atoms with Crippen molar-refractivity contribution in [1.82, 2.24) is 5.43 Å². The second-order valence-corrected chi connectivity index (χ2v) is 4.57. The van der Waals surface area contributed by atoms with Gasteiger partial charge in [-0.05, 0) is 36.6 Å². The number of benzene rings is 1. The molecule has 0 aliphatic carbocycles. The van der Waals surface area contributed by atoms with Gasteiger partial charge < -0.3 is 0 Å². The summed E-state index contributed by atoms with van der Waals surface area (Å²) in [4.78, 5) is 12.7. The highest BCUT2D eigenvalue weighted by Gasteiger charge is 2.05. The van der Waals surface area contributed by atoms with Crippen LogP contribution in [0.15, 0.2) is 46.9 Å². The van der Waals surface area contributed by atoms with E-state index in [9.17, 15) is 9.18 Å². The molecule has 1 heterocycles. The molecule has 2 aromatic rings. The lowest BCUT2D eigenvalue weighted by atomic mass is 10.2. The standard InChI is InChI=1S/C13H11FN2OS/c1-9(12-6-3-7-18-12)15-16-13(17)10-4-2-5-11(14)8-10/h2-8H,1H3,(H,16,17)/b15-9+. The summed E-state index contributed by atoms with van der Waals surface area (Å²) >= 11 is 1.54. The van der Waals surface area contributed by atoms with Gasteiger partial charge in [-0.2, -0.15) is 5.10 Å². The number of amides is 1. The van der Waals surface area contributed by atoms with Crippen molar-refractivity contribution in [3.8, 4) is 0 Å². The molecular weight excluding hydrogens is 251 g/mol. The molecule has 5 heteroatoms. The molecule has 92 valence electrons. The fourth-order valence-electron chi connectivity index (χ4n) is 1.37. The van der Waals surface area contributed by atoms with Crippen LogP contribution in [0.2, 0.25) is 0 Å². The highest BCUT2D eigenvalue weighted by atomic mass is 32.1. The normalized spacial score (nSPS) is 11.3. The molecule has 0 fully saturated rings. The molecule has 1 aromatic carbocycles. The smallest absolute Gasteiger partial charge is 0.267 e. The van der Waals surface area contributed by atoms with Crippen LogP contribution < -0.4 is 5.43 Å². The first-order chi connectivity index (χ1) is 8.66. The molecule has 1 amide bonds. The van der Waals surface area contributed by atoms with Gasteiger partial charge >= 0.3 is 0 Å². The number of nitrogens with zero attached hydrogens (tertiary/aromatic N) is 1. The Bertz CT molecular complexity index is 578. The monoisotopic (exact) mass is 262 g/mol. The summed E-state index contributed by atoms with van der Waals surface area (Å²) in [5.74, 6) is -0.869. The zero-order chi connectivity index (χ0) is 13.0. The lowest BCUT2D eigenvalue weighted by Gasteiger charge is -2.01. The molecule has 1 aromatic heterocycles. The number of hydrazone groups is 1. The van der Waals surface area contributed by atoms with Crippen molar-refractivity contribution < 1.29 is 9.18 Å². The highest BCUT2D eigenvalue weighted by Crippen LogP contribution is 2.09. The molecular formula is C13H11FN2OS. The third-order valence-electron chi connectivity index (χ3n) is 2.29. The summed E-state index contributed by atoms with van der Waals surface area (Å²) in [6.07, 6.45) is 0. The van der Waals surface area contributed by atoms with Gasteiger partial charge in [-0.25, -0.2) is 9.82 Å². The second kappa shape index (κ2) is 5.55. The second-order valence-electron chi connectivity index (χ2n) is 3.63. The van der Waals surface area contributed by atoms with E-state index in [2.05, 4.69) is 10.5 Å². The molecule has 0 saturated heterocycles. The van der Waals surface area contributed by atoms with E-state index in [1.165, 1.54) is 35.6 Å². The molecule has 0 radical (unpaired) electrons. The minimum Gasteiger partial charge on any atom is -0.267 e. The van der Waals surface area contributed by atoms with Crippen molar-refractivity contribution in [2.75, 3.05) is 0 Å². The Labute approximate surface area is 108 Å². The largest absolute Gasteiger partial charge is 0.271 e. The zero-order valence-corrected chi connectivity index (χ0v) is 10.5. The number of halogens is 1. The summed E-state index contributed by atoms with van der Waals surface area (Å²) in [7, 11) is 0. The van der Waals surface area contributed by atoms with Crippen LogP contribution in [-0.2, 0) is 0 Å². The predicted octanol–water partition coefficient (Wildman–Crippen LogP) is 3.04. The maximum atomic E-state index is 12.9. The summed E-state index contributed by atoms with van der Waals surface area (Å²) in [5.41, 5.74) is 3.37. The third kappa shape index (κ3) is 3.01. The summed E-state index contributed by atoms with van der Waals surface area (Å²) in [5, 5.41) is 5.91. The van der Waals surface area contributed by atoms with Gasteiger partial charge in [-0.3, -0.25) is 4.79 Å². The minimum atomic E-state index is -0.443. The first kappa shape index (κ1) is 12.4. The van der Waals surface area contributed by atoms with Crippen LogP contribution in [0.5, 0.6) is 0 Å². The molecule has 0 bridgehead atoms. The molecule has 0 atom stereocenters. The van der Waals surface area contributed by atoms with E-state index >= 15 is 0 Å². The van der Waals surface area contributed by atoms with Crippen LogP contribution in [0.1, 0.15) is 22.2 Å². The van der Waals surface area contributed by atoms with E-state index in [4.69, 9.17) is 0 Å². The number of nitrogens with one attached hydrogen (secondary N) is 1. The average Bonchev–Trinajstić information content (AvgIpc) is 2.89. The van der Waals surface area contributed by atoms with E-state index < -0.39 is 11.7 Å². The molecule has 2 rings (SSSR count). The summed E-state index contributed by atoms with van der Waals surface area (Å²) in [6.45, 7) is 1.80. The Morgan fingerprint density at radius 2 is 2.17 bits per heavy atom. The van der Waals surface area contributed by atoms with Gasteiger partial charge in [-0.1, -0.05) is 12.1 Å². The van der Waals surface area contributed by atoms with Crippen LogP contribution in [0.3, 0.4) is 0 Å². The molecule has 3 nitrogen and oxygen atoms in total. The molecule has 0 saturated carbocycles. The molecule has 0 unspecified atom stereocenters. The highest BCUT2D eigenvalue weighted by molar-refractivity contribution is 7.12. The van der Waals surface area contributed by atoms with Crippen LogP contribution >= 0.6 is 11.3 Å². The van der Waals surface area contributed by atoms with Crippen molar-refractivity contribution in [2.45, 2.75) is 6.92 Å². The number of carbonyl (C=O) groups excluding carboxylic acids is 1. The van der Waals surface area contributed by atoms with Gasteiger partial charge in [0.05, 0.1) is 5.71 Å². The minimum absolute atomic E-state index is 0.248. The molecule has 0 spiro atoms. The Balaban J connectivity index is 2.07. The van der Waals surface area contributed by atoms with Gasteiger partial charge in [0.1, 0.15) is 5.82 Å². The Morgan fingerprint density at radius 3 is 2.83 bits per heavy atom. The third-order valence-corrected chi connectivity index (χ3v) is 3.27. The predicted molar refractivity (Wildman–Crippen MR) is 70.4 cm³/mol. The number of carbonyl (C=O) groups is 1. The van der Waals surface area contributed by atoms with E-state index in [0.717, 1.165) is 10.6 Å². The van der Waals surface area contributed by atoms with Crippen molar-refractivity contribution >= 4 is 23.0 Å². The summed E-state index contributed by atoms with van der Waals surface area (Å²) < 4.78 is 12.9. The Morgan fingerprint density at radius 1 is 1.33 bits per heavy atom. The maximum absolute atomic E-state index is 12.9. The fraction of sp³-hybridized carbons (Fsp3) is 0.0769. The zero-order valence-electron chi connectivity index (χ0n) is 9.68. The molecule has 18 heavy (non-hydrogen) atoms. The summed E-state index contributed by atoms with van der Waals surface area (Å²) in [6, 6.07) is 9.31. The van der Waals surface area contributed by atoms with E-state index in [-0.39, 0.29) is 5.56 Å². The van der Waals surface area contributed by atoms with E-state index in [1.807, 2.05) is 17.5 Å². The number of rotatable bonds is 3. The van der Waals surface area contributed by atoms with Gasteiger partial charge in [0, 0.05) is 10.4 Å². The molecule has 0 aliphatic rings. The van der Waals surface area contributed by atoms with Crippen LogP contribution in [-0.4, -0.2) is 11.6 Å². The van der Waals surface area contributed by atoms with Gasteiger partial charge in [-0.15, -0.1) is 11.3 Å². The lowest BCUT2D eigenvalue weighted by molar-refractivity contribution is 0.0954. The maximum Gasteiger partial charge on any atom is 0.271 e. The van der Waals surface area contributed by atoms with Crippen molar-refractivity contribution in [1.29, 1.82) is 0 Å². The Kier molecular flexibility index (Phi) is 3.84. The lowest BCUT2D eigenvalue weighted by Crippen LogP contribution is -2.19. The van der Waals surface area contributed by atoms with Gasteiger partial charge in [0.15, 0.2) is 0 Å². The van der Waals surface area contributed by atoms with Crippen LogP contribution in [0.25, 0.3) is 0 Å². The van der Waals surface area contributed by atoms with E-state index in [1.54, 1.807) is 6.92 Å². The number of thiophene rings is 1. The average molecular weight is 262 g/mol. The number of hydrogen-bond acceptors (Lipinski definition) is 3. The fourth-order valence-corrected chi connectivity index (χ4v) is 2.05. The van der Waals surface area contributed by atoms with Crippen molar-refractivity contribution in [2.24, 2.45) is 5.10 Å². The number of hydrogen-bond donors (Lipinski definition) is 1. The quantitative estimate of drug-likeness (QED) is 0.670. The van der Waals surface area contributed by atoms with Crippen LogP contribution in [0.4, 0.5) is 4.39 Å². The SMILES string of the molecule is C/C(=N\NC(=O)c1cccc(F)c1)c1cccs1. The van der Waals surface area contributed by atoms with Gasteiger partial charge in [0.2, 0.25) is 0 Å². The first-order valence-corrected chi connectivity index (χ1v) is 6.19. The Hall–Kier alpha value is -2.01. The van der Waals surface area contributed by atoms with Crippen LogP contribution in [0, 0.1) is 5.82 Å². The van der Waals surface area contributed by atoms with Crippen molar-refractivity contribution in [3.63, 3.8) is 0 Å². The molecule has 1 N–H and O–H groups in total. The molecule has 0 aliphatic heterocycles. The van der Waals surface area contributed by atoms with Crippen molar-refractivity contribution in [3.05, 3.63) is 58.0 Å².